The van der Waals surface area contributed by atoms with E-state index in [0.29, 0.717) is 25.8 Å². The Hall–Kier alpha value is -1.76. The Morgan fingerprint density at radius 2 is 1.82 bits per heavy atom. The number of likely N-dealkylation sites (tertiary alicyclic amines) is 1. The molecule has 1 saturated heterocycles. The zero-order valence-electron chi connectivity index (χ0n) is 13.2. The molecule has 7 nitrogen and oxygen atoms in total. The summed E-state index contributed by atoms with van der Waals surface area (Å²) in [6.07, 6.45) is 2.43. The van der Waals surface area contributed by atoms with Crippen LogP contribution in [0, 0.1) is 0 Å². The minimum absolute atomic E-state index is 0.143. The lowest BCUT2D eigenvalue weighted by atomic mass is 10.1. The molecule has 1 N–H and O–H groups in total. The van der Waals surface area contributed by atoms with E-state index >= 15 is 0 Å². The number of aliphatic hydroxyl groups excluding tert-OH is 1. The second-order valence-corrected chi connectivity index (χ2v) is 5.41. The normalized spacial score (nSPS) is 16.0. The molecule has 1 aliphatic heterocycles. The molecule has 4 amide bonds. The quantitative estimate of drug-likeness (QED) is 0.519. The standard InChI is InChI=1S/C15H24N2O5/c1-3-13(20)17(11(2)19)12(10-18)6-4-5-9-16-14(21)7-8-15(16)22/h12,18H,3-10H2,1-2H3. The van der Waals surface area contributed by atoms with Crippen molar-refractivity contribution in [3.63, 3.8) is 0 Å². The Kier molecular flexibility index (Phi) is 7.17. The molecular formula is C15H24N2O5. The number of hydrogen-bond acceptors (Lipinski definition) is 5. The van der Waals surface area contributed by atoms with E-state index in [9.17, 15) is 24.3 Å². The fraction of sp³-hybridized carbons (Fsp3) is 0.733. The van der Waals surface area contributed by atoms with Crippen LogP contribution in [0.1, 0.15) is 52.4 Å². The van der Waals surface area contributed by atoms with Gasteiger partial charge in [0.2, 0.25) is 23.6 Å². The third kappa shape index (κ3) is 4.62. The van der Waals surface area contributed by atoms with Crippen LogP contribution in [0.5, 0.6) is 0 Å². The molecule has 0 spiro atoms. The van der Waals surface area contributed by atoms with Crippen molar-refractivity contribution in [3.8, 4) is 0 Å². The van der Waals surface area contributed by atoms with Crippen LogP contribution in [0.4, 0.5) is 0 Å². The summed E-state index contributed by atoms with van der Waals surface area (Å²) in [5.41, 5.74) is 0. The molecule has 1 heterocycles. The molecule has 7 heteroatoms. The monoisotopic (exact) mass is 312 g/mol. The lowest BCUT2D eigenvalue weighted by Crippen LogP contribution is -2.45. The molecule has 1 aliphatic rings. The number of hydrogen-bond donors (Lipinski definition) is 1. The Labute approximate surface area is 130 Å². The van der Waals surface area contributed by atoms with Crippen molar-refractivity contribution in [2.45, 2.75) is 58.4 Å². The molecule has 124 valence electrons. The lowest BCUT2D eigenvalue weighted by Gasteiger charge is -2.27. The smallest absolute Gasteiger partial charge is 0.229 e. The van der Waals surface area contributed by atoms with Gasteiger partial charge >= 0.3 is 0 Å². The molecule has 1 rings (SSSR count). The van der Waals surface area contributed by atoms with Gasteiger partial charge in [0.1, 0.15) is 0 Å². The number of unbranched alkanes of at least 4 members (excludes halogenated alkanes) is 1. The summed E-state index contributed by atoms with van der Waals surface area (Å²) in [5.74, 6) is -0.974. The van der Waals surface area contributed by atoms with Gasteiger partial charge in [-0.05, 0) is 19.3 Å². The fourth-order valence-electron chi connectivity index (χ4n) is 2.63. The largest absolute Gasteiger partial charge is 0.394 e. The van der Waals surface area contributed by atoms with Gasteiger partial charge in [-0.25, -0.2) is 0 Å². The van der Waals surface area contributed by atoms with Gasteiger partial charge < -0.3 is 5.11 Å². The Bertz CT molecular complexity index is 433. The Morgan fingerprint density at radius 3 is 2.27 bits per heavy atom. The fourth-order valence-corrected chi connectivity index (χ4v) is 2.63. The SMILES string of the molecule is CCC(=O)N(C(C)=O)C(CO)CCCCN1C(=O)CCC1=O. The molecule has 0 radical (unpaired) electrons. The topological polar surface area (TPSA) is 95.0 Å². The number of imide groups is 2. The lowest BCUT2D eigenvalue weighted by molar-refractivity contribution is -0.147. The van der Waals surface area contributed by atoms with Crippen molar-refractivity contribution in [2.24, 2.45) is 0 Å². The molecule has 0 aromatic carbocycles. The third-order valence-electron chi connectivity index (χ3n) is 3.81. The zero-order valence-corrected chi connectivity index (χ0v) is 13.2. The second kappa shape index (κ2) is 8.63. The molecule has 1 fully saturated rings. The van der Waals surface area contributed by atoms with Crippen molar-refractivity contribution >= 4 is 23.6 Å². The molecule has 0 saturated carbocycles. The molecule has 0 aliphatic carbocycles. The van der Waals surface area contributed by atoms with E-state index in [1.807, 2.05) is 0 Å². The molecule has 0 aromatic rings. The van der Waals surface area contributed by atoms with Crippen LogP contribution in [0.15, 0.2) is 0 Å². The summed E-state index contributed by atoms with van der Waals surface area (Å²) < 4.78 is 0. The highest BCUT2D eigenvalue weighted by Gasteiger charge is 2.29. The van der Waals surface area contributed by atoms with Crippen LogP contribution < -0.4 is 0 Å². The average Bonchev–Trinajstić information content (AvgIpc) is 2.80. The van der Waals surface area contributed by atoms with Gasteiger partial charge in [-0.2, -0.15) is 0 Å². The minimum Gasteiger partial charge on any atom is -0.394 e. The predicted octanol–water partition coefficient (Wildman–Crippen LogP) is 0.452. The first-order chi connectivity index (χ1) is 10.4. The van der Waals surface area contributed by atoms with Gasteiger partial charge in [0, 0.05) is 32.7 Å². The van der Waals surface area contributed by atoms with E-state index in [0.717, 1.165) is 4.90 Å². The average molecular weight is 312 g/mol. The van der Waals surface area contributed by atoms with E-state index in [1.54, 1.807) is 6.92 Å². The molecule has 0 aromatic heterocycles. The highest BCUT2D eigenvalue weighted by molar-refractivity contribution is 6.01. The number of carbonyl (C=O) groups excluding carboxylic acids is 4. The van der Waals surface area contributed by atoms with Crippen LogP contribution in [0.2, 0.25) is 0 Å². The van der Waals surface area contributed by atoms with Crippen LogP contribution in [0.25, 0.3) is 0 Å². The number of amides is 4. The van der Waals surface area contributed by atoms with Gasteiger partial charge in [-0.15, -0.1) is 0 Å². The summed E-state index contributed by atoms with van der Waals surface area (Å²) in [6, 6.07) is -0.546. The van der Waals surface area contributed by atoms with Crippen molar-refractivity contribution in [3.05, 3.63) is 0 Å². The first kappa shape index (κ1) is 18.3. The van der Waals surface area contributed by atoms with E-state index in [-0.39, 0.29) is 49.5 Å². The first-order valence-electron chi connectivity index (χ1n) is 7.69. The predicted molar refractivity (Wildman–Crippen MR) is 78.5 cm³/mol. The van der Waals surface area contributed by atoms with E-state index in [4.69, 9.17) is 0 Å². The summed E-state index contributed by atoms with van der Waals surface area (Å²) in [4.78, 5) is 48.6. The van der Waals surface area contributed by atoms with Crippen LogP contribution in [-0.4, -0.2) is 57.7 Å². The number of nitrogens with zero attached hydrogens (tertiary/aromatic N) is 2. The molecule has 1 atom stereocenters. The van der Waals surface area contributed by atoms with Crippen molar-refractivity contribution in [2.75, 3.05) is 13.2 Å². The van der Waals surface area contributed by atoms with Gasteiger partial charge in [0.25, 0.3) is 0 Å². The maximum atomic E-state index is 11.8. The molecule has 1 unspecified atom stereocenters. The second-order valence-electron chi connectivity index (χ2n) is 5.41. The number of carbonyl (C=O) groups is 4. The maximum absolute atomic E-state index is 11.8. The van der Waals surface area contributed by atoms with Crippen LogP contribution in [0.3, 0.4) is 0 Å². The highest BCUT2D eigenvalue weighted by Crippen LogP contribution is 2.15. The number of rotatable bonds is 8. The van der Waals surface area contributed by atoms with Crippen LogP contribution >= 0.6 is 0 Å². The van der Waals surface area contributed by atoms with Crippen molar-refractivity contribution < 1.29 is 24.3 Å². The summed E-state index contributed by atoms with van der Waals surface area (Å²) >= 11 is 0. The zero-order chi connectivity index (χ0) is 16.7. The summed E-state index contributed by atoms with van der Waals surface area (Å²) in [7, 11) is 0. The first-order valence-corrected chi connectivity index (χ1v) is 7.69. The summed E-state index contributed by atoms with van der Waals surface area (Å²) in [5, 5.41) is 9.42. The summed E-state index contributed by atoms with van der Waals surface area (Å²) in [6.45, 7) is 3.04. The maximum Gasteiger partial charge on any atom is 0.229 e. The van der Waals surface area contributed by atoms with Gasteiger partial charge in [-0.1, -0.05) is 6.92 Å². The van der Waals surface area contributed by atoms with Crippen LogP contribution in [-0.2, 0) is 19.2 Å². The van der Waals surface area contributed by atoms with Crippen molar-refractivity contribution in [1.82, 2.24) is 9.80 Å². The third-order valence-corrected chi connectivity index (χ3v) is 3.81. The van der Waals surface area contributed by atoms with E-state index < -0.39 is 6.04 Å². The molecule has 0 bridgehead atoms. The number of aliphatic hydroxyl groups is 1. The minimum atomic E-state index is -0.546. The van der Waals surface area contributed by atoms with E-state index in [1.165, 1.54) is 11.8 Å². The molecule has 22 heavy (non-hydrogen) atoms. The highest BCUT2D eigenvalue weighted by atomic mass is 16.3. The van der Waals surface area contributed by atoms with Gasteiger partial charge in [0.05, 0.1) is 12.6 Å². The molecular weight excluding hydrogens is 288 g/mol. The van der Waals surface area contributed by atoms with E-state index in [2.05, 4.69) is 0 Å². The van der Waals surface area contributed by atoms with Crippen molar-refractivity contribution in [1.29, 1.82) is 0 Å². The Balaban J connectivity index is 2.46. The van der Waals surface area contributed by atoms with Gasteiger partial charge in [0.15, 0.2) is 0 Å². The Morgan fingerprint density at radius 1 is 1.23 bits per heavy atom. The van der Waals surface area contributed by atoms with Gasteiger partial charge in [-0.3, -0.25) is 29.0 Å².